The highest BCUT2D eigenvalue weighted by Crippen LogP contribution is 2.45. The highest BCUT2D eigenvalue weighted by Gasteiger charge is 2.50. The number of piperazine rings is 1. The van der Waals surface area contributed by atoms with Gasteiger partial charge in [-0.15, -0.1) is 0 Å². The Morgan fingerprint density at radius 3 is 2.35 bits per heavy atom. The van der Waals surface area contributed by atoms with Gasteiger partial charge in [-0.05, 0) is 63.8 Å². The molecule has 2 rings (SSSR count). The van der Waals surface area contributed by atoms with Crippen molar-refractivity contribution in [3.63, 3.8) is 0 Å². The summed E-state index contributed by atoms with van der Waals surface area (Å²) >= 11 is 0. The van der Waals surface area contributed by atoms with Crippen molar-refractivity contribution >= 4 is 0 Å². The summed E-state index contributed by atoms with van der Waals surface area (Å²) in [6.07, 6.45) is 8.14. The molecule has 1 unspecified atom stereocenters. The summed E-state index contributed by atoms with van der Waals surface area (Å²) in [6.45, 7) is 15.7. The third-order valence-electron chi connectivity index (χ3n) is 6.06. The molecule has 0 radical (unpaired) electrons. The van der Waals surface area contributed by atoms with Crippen LogP contribution in [0.4, 0.5) is 0 Å². The topological polar surface area (TPSA) is 15.3 Å². The molecule has 1 N–H and O–H groups in total. The highest BCUT2D eigenvalue weighted by molar-refractivity contribution is 5.08. The van der Waals surface area contributed by atoms with Crippen molar-refractivity contribution in [3.8, 4) is 0 Å². The molecule has 1 aliphatic heterocycles. The van der Waals surface area contributed by atoms with Gasteiger partial charge in [-0.1, -0.05) is 27.7 Å². The number of nitrogens with one attached hydrogen (secondary N) is 1. The summed E-state index contributed by atoms with van der Waals surface area (Å²) in [5.41, 5.74) is 0.789. The van der Waals surface area contributed by atoms with Crippen LogP contribution in [0.1, 0.15) is 73.1 Å². The maximum absolute atomic E-state index is 3.93. The van der Waals surface area contributed by atoms with Crippen molar-refractivity contribution in [1.29, 1.82) is 0 Å². The van der Waals surface area contributed by atoms with Gasteiger partial charge in [-0.2, -0.15) is 0 Å². The molecule has 1 atom stereocenters. The van der Waals surface area contributed by atoms with Crippen molar-refractivity contribution in [2.45, 2.75) is 84.2 Å². The Bertz CT molecular complexity index is 305. The third kappa shape index (κ3) is 3.39. The molecule has 2 fully saturated rings. The lowest BCUT2D eigenvalue weighted by Crippen LogP contribution is -2.69. The molecule has 0 spiro atoms. The normalized spacial score (nSPS) is 30.9. The SMILES string of the molecule is CCC1(CC)CN(CCCC(C)C)C(C)(C2CC2)CN1. The fourth-order valence-corrected chi connectivity index (χ4v) is 3.94. The monoisotopic (exact) mass is 280 g/mol. The van der Waals surface area contributed by atoms with E-state index < -0.39 is 0 Å². The lowest BCUT2D eigenvalue weighted by atomic mass is 9.81. The summed E-state index contributed by atoms with van der Waals surface area (Å²) in [5.74, 6) is 1.79. The van der Waals surface area contributed by atoms with Crippen molar-refractivity contribution in [1.82, 2.24) is 10.2 Å². The Morgan fingerprint density at radius 1 is 1.20 bits per heavy atom. The maximum Gasteiger partial charge on any atom is 0.0334 e. The number of hydrogen-bond acceptors (Lipinski definition) is 2. The first-order chi connectivity index (χ1) is 9.46. The van der Waals surface area contributed by atoms with E-state index in [-0.39, 0.29) is 0 Å². The van der Waals surface area contributed by atoms with Crippen LogP contribution in [-0.2, 0) is 0 Å². The van der Waals surface area contributed by atoms with Gasteiger partial charge in [0.2, 0.25) is 0 Å². The molecule has 0 amide bonds. The Morgan fingerprint density at radius 2 is 1.85 bits per heavy atom. The van der Waals surface area contributed by atoms with E-state index in [0.717, 1.165) is 11.8 Å². The van der Waals surface area contributed by atoms with Crippen LogP contribution in [-0.4, -0.2) is 35.6 Å². The van der Waals surface area contributed by atoms with Crippen LogP contribution in [0.3, 0.4) is 0 Å². The zero-order chi connectivity index (χ0) is 14.8. The average molecular weight is 280 g/mol. The van der Waals surface area contributed by atoms with Crippen molar-refractivity contribution in [2.75, 3.05) is 19.6 Å². The van der Waals surface area contributed by atoms with Gasteiger partial charge in [0.1, 0.15) is 0 Å². The van der Waals surface area contributed by atoms with Gasteiger partial charge in [0.05, 0.1) is 0 Å². The smallest absolute Gasteiger partial charge is 0.0334 e. The zero-order valence-corrected chi connectivity index (χ0v) is 14.5. The predicted octanol–water partition coefficient (Wildman–Crippen LogP) is 4.06. The molecular formula is C18H36N2. The van der Waals surface area contributed by atoms with Gasteiger partial charge < -0.3 is 5.32 Å². The first-order valence-corrected chi connectivity index (χ1v) is 8.96. The van der Waals surface area contributed by atoms with E-state index in [9.17, 15) is 0 Å². The summed E-state index contributed by atoms with van der Waals surface area (Å²) in [7, 11) is 0. The zero-order valence-electron chi connectivity index (χ0n) is 14.5. The molecule has 0 aromatic rings. The molecule has 2 aliphatic rings. The predicted molar refractivity (Wildman–Crippen MR) is 88.1 cm³/mol. The number of hydrogen-bond donors (Lipinski definition) is 1. The lowest BCUT2D eigenvalue weighted by Gasteiger charge is -2.54. The first kappa shape index (κ1) is 16.3. The van der Waals surface area contributed by atoms with Gasteiger partial charge in [-0.25, -0.2) is 0 Å². The quantitative estimate of drug-likeness (QED) is 0.756. The molecular weight excluding hydrogens is 244 g/mol. The highest BCUT2D eigenvalue weighted by atomic mass is 15.3. The molecule has 1 saturated heterocycles. The van der Waals surface area contributed by atoms with Crippen LogP contribution >= 0.6 is 0 Å². The van der Waals surface area contributed by atoms with Crippen molar-refractivity contribution in [2.24, 2.45) is 11.8 Å². The summed E-state index contributed by atoms with van der Waals surface area (Å²) in [6, 6.07) is 0. The van der Waals surface area contributed by atoms with Crippen LogP contribution < -0.4 is 5.32 Å². The van der Waals surface area contributed by atoms with Crippen molar-refractivity contribution in [3.05, 3.63) is 0 Å². The molecule has 0 bridgehead atoms. The van der Waals surface area contributed by atoms with Crippen LogP contribution in [0.5, 0.6) is 0 Å². The van der Waals surface area contributed by atoms with Gasteiger partial charge in [0, 0.05) is 24.2 Å². The summed E-state index contributed by atoms with van der Waals surface area (Å²) < 4.78 is 0. The summed E-state index contributed by atoms with van der Waals surface area (Å²) in [4.78, 5) is 2.86. The minimum Gasteiger partial charge on any atom is -0.308 e. The minimum absolute atomic E-state index is 0.367. The fourth-order valence-electron chi connectivity index (χ4n) is 3.94. The molecule has 2 heteroatoms. The van der Waals surface area contributed by atoms with Crippen LogP contribution in [0.2, 0.25) is 0 Å². The largest absolute Gasteiger partial charge is 0.308 e. The van der Waals surface area contributed by atoms with Gasteiger partial charge in [0.15, 0.2) is 0 Å². The van der Waals surface area contributed by atoms with Gasteiger partial charge in [-0.3, -0.25) is 4.90 Å². The first-order valence-electron chi connectivity index (χ1n) is 8.96. The van der Waals surface area contributed by atoms with E-state index in [2.05, 4.69) is 44.8 Å². The van der Waals surface area contributed by atoms with Crippen LogP contribution in [0.15, 0.2) is 0 Å². The second-order valence-corrected chi connectivity index (χ2v) is 7.93. The molecule has 20 heavy (non-hydrogen) atoms. The second kappa shape index (κ2) is 6.36. The van der Waals surface area contributed by atoms with E-state index in [0.29, 0.717) is 11.1 Å². The molecule has 1 aliphatic carbocycles. The molecule has 118 valence electrons. The number of nitrogens with zero attached hydrogens (tertiary/aromatic N) is 1. The van der Waals surface area contributed by atoms with E-state index in [4.69, 9.17) is 0 Å². The molecule has 0 aromatic heterocycles. The Hall–Kier alpha value is -0.0800. The molecule has 0 aromatic carbocycles. The van der Waals surface area contributed by atoms with E-state index in [1.165, 1.54) is 58.2 Å². The fraction of sp³-hybridized carbons (Fsp3) is 1.00. The van der Waals surface area contributed by atoms with Crippen LogP contribution in [0.25, 0.3) is 0 Å². The molecule has 2 nitrogen and oxygen atoms in total. The average Bonchev–Trinajstić information content (AvgIpc) is 3.26. The van der Waals surface area contributed by atoms with Gasteiger partial charge in [0.25, 0.3) is 0 Å². The minimum atomic E-state index is 0.367. The Kier molecular flexibility index (Phi) is 5.18. The Balaban J connectivity index is 2.02. The second-order valence-electron chi connectivity index (χ2n) is 7.93. The molecule has 1 heterocycles. The van der Waals surface area contributed by atoms with E-state index in [1.54, 1.807) is 0 Å². The third-order valence-corrected chi connectivity index (χ3v) is 6.06. The van der Waals surface area contributed by atoms with Crippen molar-refractivity contribution < 1.29 is 0 Å². The standard InChI is InChI=1S/C18H36N2/c1-6-18(7-2)14-20(12-8-9-15(3)4)17(5,13-19-18)16-10-11-16/h15-16,19H,6-14H2,1-5H3. The summed E-state index contributed by atoms with van der Waals surface area (Å²) in [5, 5.41) is 3.93. The van der Waals surface area contributed by atoms with Gasteiger partial charge >= 0.3 is 0 Å². The van der Waals surface area contributed by atoms with E-state index in [1.807, 2.05) is 0 Å². The lowest BCUT2D eigenvalue weighted by molar-refractivity contribution is -0.00362. The van der Waals surface area contributed by atoms with E-state index >= 15 is 0 Å². The van der Waals surface area contributed by atoms with Crippen LogP contribution in [0, 0.1) is 11.8 Å². The Labute approximate surface area is 126 Å². The maximum atomic E-state index is 3.93. The number of rotatable bonds is 7. The molecule has 1 saturated carbocycles.